The number of anilines is 1. The molecule has 3 aliphatic rings. The van der Waals surface area contributed by atoms with Crippen LogP contribution in [-0.2, 0) is 11.3 Å². The number of rotatable bonds is 7. The third-order valence-corrected chi connectivity index (χ3v) is 7.83. The molecule has 4 heterocycles. The van der Waals surface area contributed by atoms with Gasteiger partial charge in [-0.05, 0) is 32.3 Å². The van der Waals surface area contributed by atoms with E-state index >= 15 is 0 Å². The van der Waals surface area contributed by atoms with E-state index in [4.69, 9.17) is 0 Å². The van der Waals surface area contributed by atoms with Crippen LogP contribution in [-0.4, -0.2) is 91.6 Å². The van der Waals surface area contributed by atoms with Gasteiger partial charge in [-0.25, -0.2) is 9.97 Å². The van der Waals surface area contributed by atoms with Crippen molar-refractivity contribution in [1.29, 1.82) is 0 Å². The summed E-state index contributed by atoms with van der Waals surface area (Å²) in [7, 11) is 0. The largest absolute Gasteiger partial charge is 0.351 e. The van der Waals surface area contributed by atoms with Gasteiger partial charge >= 0.3 is 0 Å². The van der Waals surface area contributed by atoms with Crippen LogP contribution in [0.4, 0.5) is 5.95 Å². The Morgan fingerprint density at radius 2 is 1.81 bits per heavy atom. The maximum Gasteiger partial charge on any atom is 0.274 e. The van der Waals surface area contributed by atoms with E-state index in [9.17, 15) is 14.4 Å². The van der Waals surface area contributed by atoms with E-state index in [-0.39, 0.29) is 36.0 Å². The predicted octanol–water partition coefficient (Wildman–Crippen LogP) is 1.71. The molecule has 1 saturated carbocycles. The smallest absolute Gasteiger partial charge is 0.274 e. The minimum absolute atomic E-state index is 0.142. The molecule has 11 nitrogen and oxygen atoms in total. The molecule has 0 bridgehead atoms. The Labute approximate surface area is 217 Å². The highest BCUT2D eigenvalue weighted by Crippen LogP contribution is 2.29. The van der Waals surface area contributed by atoms with Crippen LogP contribution in [0.1, 0.15) is 73.3 Å². The molecule has 0 spiro atoms. The molecule has 198 valence electrons. The van der Waals surface area contributed by atoms with E-state index < -0.39 is 5.54 Å². The highest BCUT2D eigenvalue weighted by atomic mass is 16.2. The molecular formula is C26H36N8O3. The number of hydrogen-bond donors (Lipinski definition) is 1. The molecule has 2 aromatic heterocycles. The summed E-state index contributed by atoms with van der Waals surface area (Å²) in [6, 6.07) is 3.52. The summed E-state index contributed by atoms with van der Waals surface area (Å²) < 4.78 is 1.56. The van der Waals surface area contributed by atoms with Crippen LogP contribution in [0, 0.1) is 0 Å². The van der Waals surface area contributed by atoms with Crippen molar-refractivity contribution in [2.24, 2.45) is 0 Å². The van der Waals surface area contributed by atoms with Crippen LogP contribution in [0.5, 0.6) is 0 Å². The summed E-state index contributed by atoms with van der Waals surface area (Å²) >= 11 is 0. The van der Waals surface area contributed by atoms with E-state index in [1.165, 1.54) is 0 Å². The summed E-state index contributed by atoms with van der Waals surface area (Å²) in [6.45, 7) is 6.86. The van der Waals surface area contributed by atoms with Crippen molar-refractivity contribution in [2.75, 3.05) is 37.6 Å². The topological polar surface area (TPSA) is 117 Å². The molecule has 0 aromatic carbocycles. The number of aromatic nitrogens is 4. The molecule has 0 radical (unpaired) electrons. The first-order chi connectivity index (χ1) is 17.9. The zero-order valence-electron chi connectivity index (χ0n) is 21.7. The summed E-state index contributed by atoms with van der Waals surface area (Å²) in [5.74, 6) is 0.0547. The van der Waals surface area contributed by atoms with Crippen molar-refractivity contribution in [2.45, 2.75) is 70.5 Å². The van der Waals surface area contributed by atoms with Gasteiger partial charge in [-0.3, -0.25) is 19.1 Å². The molecule has 1 atom stereocenters. The van der Waals surface area contributed by atoms with E-state index in [0.29, 0.717) is 44.4 Å². The van der Waals surface area contributed by atoms with Gasteiger partial charge in [-0.2, -0.15) is 5.10 Å². The lowest BCUT2D eigenvalue weighted by Crippen LogP contribution is -2.65. The van der Waals surface area contributed by atoms with Crippen molar-refractivity contribution in [3.8, 4) is 0 Å². The minimum Gasteiger partial charge on any atom is -0.351 e. The monoisotopic (exact) mass is 508 g/mol. The van der Waals surface area contributed by atoms with Gasteiger partial charge in [0.05, 0.1) is 6.54 Å². The fourth-order valence-electron chi connectivity index (χ4n) is 5.55. The number of carbonyl (C=O) groups excluding carboxylic acids is 3. The van der Waals surface area contributed by atoms with Crippen LogP contribution in [0.15, 0.2) is 24.5 Å². The van der Waals surface area contributed by atoms with Gasteiger partial charge in [0.1, 0.15) is 11.2 Å². The van der Waals surface area contributed by atoms with E-state index in [1.807, 2.05) is 11.8 Å². The number of fused-ring (bicyclic) bond motifs is 1. The van der Waals surface area contributed by atoms with Gasteiger partial charge in [0.2, 0.25) is 11.9 Å². The van der Waals surface area contributed by atoms with Gasteiger partial charge in [-0.1, -0.05) is 26.2 Å². The number of nitrogens with zero attached hydrogens (tertiary/aromatic N) is 7. The number of unbranched alkanes of at least 4 members (excludes halogenated alkanes) is 1. The molecule has 37 heavy (non-hydrogen) atoms. The third-order valence-electron chi connectivity index (χ3n) is 7.83. The molecule has 0 unspecified atom stereocenters. The number of amides is 3. The molecule has 11 heteroatoms. The highest BCUT2D eigenvalue weighted by molar-refractivity contribution is 6.02. The Bertz CT molecular complexity index is 1140. The van der Waals surface area contributed by atoms with Crippen LogP contribution in [0.2, 0.25) is 0 Å². The summed E-state index contributed by atoms with van der Waals surface area (Å²) in [5.41, 5.74) is -0.458. The second-order valence-electron chi connectivity index (χ2n) is 10.4. The highest BCUT2D eigenvalue weighted by Gasteiger charge is 2.48. The predicted molar refractivity (Wildman–Crippen MR) is 137 cm³/mol. The number of nitrogens with one attached hydrogen (secondary N) is 1. The first-order valence-corrected chi connectivity index (χ1v) is 13.4. The summed E-state index contributed by atoms with van der Waals surface area (Å²) in [4.78, 5) is 54.5. The standard InChI is InChI=1S/C26H36N8O3/c1-3-4-12-33-23(36)21-17-20(22(35)31-13-15-32(16-14-31)25-27-10-7-11-28-25)30-34(21)18-26(33,2)24(37)29-19-8-5-6-9-19/h7,10-11,17,19H,3-6,8-9,12-16,18H2,1-2H3,(H,29,37)/t26-/m0/s1. The number of hydrogen-bond acceptors (Lipinski definition) is 7. The summed E-state index contributed by atoms with van der Waals surface area (Å²) in [6.07, 6.45) is 9.29. The Kier molecular flexibility index (Phi) is 7.12. The van der Waals surface area contributed by atoms with Crippen LogP contribution < -0.4 is 10.2 Å². The van der Waals surface area contributed by atoms with Gasteiger partial charge in [0.15, 0.2) is 5.69 Å². The third kappa shape index (κ3) is 4.91. The molecule has 1 aliphatic carbocycles. The first kappa shape index (κ1) is 25.2. The van der Waals surface area contributed by atoms with E-state index in [0.717, 1.165) is 38.5 Å². The zero-order valence-corrected chi connectivity index (χ0v) is 21.7. The second kappa shape index (κ2) is 10.5. The Morgan fingerprint density at radius 1 is 1.11 bits per heavy atom. The fourth-order valence-corrected chi connectivity index (χ4v) is 5.55. The van der Waals surface area contributed by atoms with Gasteiger partial charge in [0.25, 0.3) is 11.8 Å². The van der Waals surface area contributed by atoms with Crippen LogP contribution in [0.3, 0.4) is 0 Å². The van der Waals surface area contributed by atoms with Gasteiger partial charge < -0.3 is 20.0 Å². The molecule has 5 rings (SSSR count). The van der Waals surface area contributed by atoms with Crippen molar-refractivity contribution >= 4 is 23.7 Å². The lowest BCUT2D eigenvalue weighted by Gasteiger charge is -2.43. The Hall–Kier alpha value is -3.50. The molecule has 2 aromatic rings. The average Bonchev–Trinajstić information content (AvgIpc) is 3.59. The Morgan fingerprint density at radius 3 is 2.49 bits per heavy atom. The van der Waals surface area contributed by atoms with Crippen LogP contribution >= 0.6 is 0 Å². The molecule has 1 saturated heterocycles. The van der Waals surface area contributed by atoms with Crippen molar-refractivity contribution in [3.63, 3.8) is 0 Å². The van der Waals surface area contributed by atoms with Gasteiger partial charge in [-0.15, -0.1) is 0 Å². The van der Waals surface area contributed by atoms with E-state index in [2.05, 4.69) is 27.3 Å². The van der Waals surface area contributed by atoms with Crippen molar-refractivity contribution < 1.29 is 14.4 Å². The molecule has 1 N–H and O–H groups in total. The summed E-state index contributed by atoms with van der Waals surface area (Å²) in [5, 5.41) is 7.72. The normalized spacial score (nSPS) is 22.3. The van der Waals surface area contributed by atoms with Gasteiger partial charge in [0, 0.05) is 57.2 Å². The van der Waals surface area contributed by atoms with Crippen molar-refractivity contribution in [1.82, 2.24) is 34.9 Å². The maximum atomic E-state index is 13.6. The molecule has 3 amide bonds. The fraction of sp³-hybridized carbons (Fsp3) is 0.615. The second-order valence-corrected chi connectivity index (χ2v) is 10.4. The molecular weight excluding hydrogens is 472 g/mol. The molecule has 2 aliphatic heterocycles. The average molecular weight is 509 g/mol. The first-order valence-electron chi connectivity index (χ1n) is 13.4. The minimum atomic E-state index is -1.06. The maximum absolute atomic E-state index is 13.6. The quantitative estimate of drug-likeness (QED) is 0.605. The number of carbonyl (C=O) groups is 3. The Balaban J connectivity index is 1.33. The van der Waals surface area contributed by atoms with Crippen molar-refractivity contribution in [3.05, 3.63) is 35.9 Å². The lowest BCUT2D eigenvalue weighted by molar-refractivity contribution is -0.133. The number of piperazine rings is 1. The van der Waals surface area contributed by atoms with E-state index in [1.54, 1.807) is 39.0 Å². The lowest BCUT2D eigenvalue weighted by atomic mass is 9.94. The SMILES string of the molecule is CCCCN1C(=O)c2cc(C(=O)N3CCN(c4ncccn4)CC3)nn2C[C@@]1(C)C(=O)NC1CCCC1. The molecule has 2 fully saturated rings. The van der Waals surface area contributed by atoms with Crippen LogP contribution in [0.25, 0.3) is 0 Å². The zero-order chi connectivity index (χ0) is 26.0.